The van der Waals surface area contributed by atoms with Gasteiger partial charge in [0.25, 0.3) is 0 Å². The minimum absolute atomic E-state index is 0.891. The highest BCUT2D eigenvalue weighted by atomic mass is 32.1. The zero-order chi connectivity index (χ0) is 14.8. The largest absolute Gasteiger partial charge is 0.316 e. The van der Waals surface area contributed by atoms with Gasteiger partial charge >= 0.3 is 0 Å². The standard InChI is InChI=1S/C18H17N3S/c1-2-6-13(7-3-1)16-12-22-18(20-16)21-17-10-14-8-4-5-9-15(14)11-19-17/h1-3,6-7,10-12H,4-5,8-9H2,(H,19,20,21). The molecule has 1 aliphatic rings. The van der Waals surface area contributed by atoms with E-state index in [1.54, 1.807) is 11.3 Å². The number of hydrogen-bond acceptors (Lipinski definition) is 4. The van der Waals surface area contributed by atoms with Gasteiger partial charge in [0.2, 0.25) is 0 Å². The first kappa shape index (κ1) is 13.5. The lowest BCUT2D eigenvalue weighted by atomic mass is 9.93. The zero-order valence-electron chi connectivity index (χ0n) is 12.2. The molecule has 0 unspecified atom stereocenters. The number of pyridine rings is 1. The maximum Gasteiger partial charge on any atom is 0.188 e. The third kappa shape index (κ3) is 2.74. The molecule has 4 rings (SSSR count). The molecule has 0 amide bonds. The third-order valence-electron chi connectivity index (χ3n) is 4.03. The zero-order valence-corrected chi connectivity index (χ0v) is 13.1. The van der Waals surface area contributed by atoms with Gasteiger partial charge in [-0.25, -0.2) is 9.97 Å². The van der Waals surface area contributed by atoms with E-state index in [9.17, 15) is 0 Å². The molecule has 1 aromatic carbocycles. The number of aromatic nitrogens is 2. The van der Waals surface area contributed by atoms with Crippen LogP contribution in [0.3, 0.4) is 0 Å². The maximum atomic E-state index is 4.66. The van der Waals surface area contributed by atoms with Crippen LogP contribution in [0, 0.1) is 0 Å². The Balaban J connectivity index is 1.55. The number of anilines is 2. The van der Waals surface area contributed by atoms with Crippen LogP contribution in [-0.4, -0.2) is 9.97 Å². The number of aryl methyl sites for hydroxylation is 2. The van der Waals surface area contributed by atoms with Crippen LogP contribution >= 0.6 is 11.3 Å². The summed E-state index contributed by atoms with van der Waals surface area (Å²) in [5, 5.41) is 6.31. The van der Waals surface area contributed by atoms with E-state index in [4.69, 9.17) is 0 Å². The summed E-state index contributed by atoms with van der Waals surface area (Å²) in [5.41, 5.74) is 4.99. The minimum Gasteiger partial charge on any atom is -0.316 e. The summed E-state index contributed by atoms with van der Waals surface area (Å²) in [5.74, 6) is 0.898. The second kappa shape index (κ2) is 5.89. The molecule has 0 atom stereocenters. The molecule has 0 aliphatic heterocycles. The first-order valence-corrected chi connectivity index (χ1v) is 8.52. The SMILES string of the molecule is c1ccc(-c2csc(Nc3cc4c(cn3)CCCC4)n2)cc1. The van der Waals surface area contributed by atoms with Crippen molar-refractivity contribution in [2.75, 3.05) is 5.32 Å². The van der Waals surface area contributed by atoms with Crippen molar-refractivity contribution in [3.05, 3.63) is 59.1 Å². The molecule has 1 aliphatic carbocycles. The van der Waals surface area contributed by atoms with Crippen molar-refractivity contribution in [3.63, 3.8) is 0 Å². The predicted molar refractivity (Wildman–Crippen MR) is 91.7 cm³/mol. The van der Waals surface area contributed by atoms with Crippen molar-refractivity contribution in [1.29, 1.82) is 0 Å². The number of thiazole rings is 1. The average molecular weight is 307 g/mol. The molecule has 1 N–H and O–H groups in total. The second-order valence-electron chi connectivity index (χ2n) is 5.57. The van der Waals surface area contributed by atoms with Crippen LogP contribution in [-0.2, 0) is 12.8 Å². The molecular formula is C18H17N3S. The van der Waals surface area contributed by atoms with E-state index < -0.39 is 0 Å². The van der Waals surface area contributed by atoms with Crippen molar-refractivity contribution in [2.45, 2.75) is 25.7 Å². The molecule has 22 heavy (non-hydrogen) atoms. The maximum absolute atomic E-state index is 4.66. The Bertz CT molecular complexity index is 780. The van der Waals surface area contributed by atoms with Crippen molar-refractivity contribution >= 4 is 22.3 Å². The van der Waals surface area contributed by atoms with Crippen molar-refractivity contribution in [1.82, 2.24) is 9.97 Å². The summed E-state index contributed by atoms with van der Waals surface area (Å²) in [6, 6.07) is 12.4. The fourth-order valence-electron chi connectivity index (χ4n) is 2.86. The van der Waals surface area contributed by atoms with Crippen molar-refractivity contribution in [2.24, 2.45) is 0 Å². The molecule has 0 bridgehead atoms. The predicted octanol–water partition coefficient (Wildman–Crippen LogP) is 4.83. The Kier molecular flexibility index (Phi) is 3.60. The molecule has 110 valence electrons. The first-order valence-electron chi connectivity index (χ1n) is 7.64. The van der Waals surface area contributed by atoms with E-state index in [1.807, 2.05) is 24.4 Å². The van der Waals surface area contributed by atoms with Gasteiger partial charge in [0.1, 0.15) is 5.82 Å². The minimum atomic E-state index is 0.891. The Labute approximate surface area is 134 Å². The van der Waals surface area contributed by atoms with E-state index in [0.717, 1.165) is 28.6 Å². The van der Waals surface area contributed by atoms with Gasteiger partial charge in [0, 0.05) is 17.1 Å². The smallest absolute Gasteiger partial charge is 0.188 e. The monoisotopic (exact) mass is 307 g/mol. The average Bonchev–Trinajstić information content (AvgIpc) is 3.04. The molecule has 3 nitrogen and oxygen atoms in total. The van der Waals surface area contributed by atoms with Gasteiger partial charge in [0.05, 0.1) is 5.69 Å². The van der Waals surface area contributed by atoms with E-state index in [0.29, 0.717) is 0 Å². The summed E-state index contributed by atoms with van der Waals surface area (Å²) in [6.07, 6.45) is 6.92. The van der Waals surface area contributed by atoms with Crippen molar-refractivity contribution < 1.29 is 0 Å². The number of fused-ring (bicyclic) bond motifs is 1. The molecule has 4 heteroatoms. The fourth-order valence-corrected chi connectivity index (χ4v) is 3.59. The van der Waals surface area contributed by atoms with E-state index in [-0.39, 0.29) is 0 Å². The summed E-state index contributed by atoms with van der Waals surface area (Å²) in [6.45, 7) is 0. The van der Waals surface area contributed by atoms with Crippen LogP contribution in [0.4, 0.5) is 10.9 Å². The second-order valence-corrected chi connectivity index (χ2v) is 6.43. The van der Waals surface area contributed by atoms with Gasteiger partial charge in [0.15, 0.2) is 5.13 Å². The topological polar surface area (TPSA) is 37.8 Å². The molecule has 0 saturated heterocycles. The summed E-state index contributed by atoms with van der Waals surface area (Å²) in [4.78, 5) is 9.18. The molecule has 2 aromatic heterocycles. The molecular weight excluding hydrogens is 290 g/mol. The van der Waals surface area contributed by atoms with Crippen LogP contribution in [0.25, 0.3) is 11.3 Å². The van der Waals surface area contributed by atoms with Crippen LogP contribution in [0.1, 0.15) is 24.0 Å². The highest BCUT2D eigenvalue weighted by Crippen LogP contribution is 2.28. The highest BCUT2D eigenvalue weighted by molar-refractivity contribution is 7.14. The molecule has 0 spiro atoms. The third-order valence-corrected chi connectivity index (χ3v) is 4.79. The van der Waals surface area contributed by atoms with Crippen LogP contribution in [0.2, 0.25) is 0 Å². The summed E-state index contributed by atoms with van der Waals surface area (Å²) < 4.78 is 0. The van der Waals surface area contributed by atoms with E-state index >= 15 is 0 Å². The van der Waals surface area contributed by atoms with Crippen molar-refractivity contribution in [3.8, 4) is 11.3 Å². The number of benzene rings is 1. The molecule has 2 heterocycles. The fraction of sp³-hybridized carbons (Fsp3) is 0.222. The van der Waals surface area contributed by atoms with E-state index in [2.05, 4.69) is 38.9 Å². The lowest BCUT2D eigenvalue weighted by molar-refractivity contribution is 0.682. The molecule has 0 fully saturated rings. The van der Waals surface area contributed by atoms with E-state index in [1.165, 1.54) is 30.4 Å². The lowest BCUT2D eigenvalue weighted by Crippen LogP contribution is -2.04. The number of nitrogens with zero attached hydrogens (tertiary/aromatic N) is 2. The normalized spacial score (nSPS) is 13.6. The van der Waals surface area contributed by atoms with Gasteiger partial charge in [-0.2, -0.15) is 0 Å². The van der Waals surface area contributed by atoms with Gasteiger partial charge < -0.3 is 5.32 Å². The molecule has 3 aromatic rings. The quantitative estimate of drug-likeness (QED) is 0.753. The number of hydrogen-bond donors (Lipinski definition) is 1. The van der Waals surface area contributed by atoms with Gasteiger partial charge in [-0.1, -0.05) is 30.3 Å². The van der Waals surface area contributed by atoms with Crippen LogP contribution in [0.5, 0.6) is 0 Å². The molecule has 0 saturated carbocycles. The number of rotatable bonds is 3. The Morgan fingerprint density at radius 2 is 1.82 bits per heavy atom. The number of nitrogens with one attached hydrogen (secondary N) is 1. The van der Waals surface area contributed by atoms with Crippen LogP contribution < -0.4 is 5.32 Å². The summed E-state index contributed by atoms with van der Waals surface area (Å²) >= 11 is 1.61. The Morgan fingerprint density at radius 1 is 1.00 bits per heavy atom. The Hall–Kier alpha value is -2.20. The van der Waals surface area contributed by atoms with Gasteiger partial charge in [-0.3, -0.25) is 0 Å². The highest BCUT2D eigenvalue weighted by Gasteiger charge is 2.11. The van der Waals surface area contributed by atoms with Gasteiger partial charge in [-0.05, 0) is 42.9 Å². The first-order chi connectivity index (χ1) is 10.9. The van der Waals surface area contributed by atoms with Gasteiger partial charge in [-0.15, -0.1) is 11.3 Å². The Morgan fingerprint density at radius 3 is 2.68 bits per heavy atom. The van der Waals surface area contributed by atoms with Crippen LogP contribution in [0.15, 0.2) is 48.0 Å². The lowest BCUT2D eigenvalue weighted by Gasteiger charge is -2.15. The molecule has 0 radical (unpaired) electrons. The summed E-state index contributed by atoms with van der Waals surface area (Å²) in [7, 11) is 0.